The van der Waals surface area contributed by atoms with E-state index in [9.17, 15) is 0 Å². The van der Waals surface area contributed by atoms with Crippen molar-refractivity contribution in [1.29, 1.82) is 0 Å². The van der Waals surface area contributed by atoms with E-state index in [2.05, 4.69) is 32.6 Å². The summed E-state index contributed by atoms with van der Waals surface area (Å²) in [6, 6.07) is 0.751. The number of nitrogens with zero attached hydrogens (tertiary/aromatic N) is 1. The predicted molar refractivity (Wildman–Crippen MR) is 66.8 cm³/mol. The number of nitrogens with two attached hydrogens (primary N) is 1. The summed E-state index contributed by atoms with van der Waals surface area (Å²) in [7, 11) is 0. The molecule has 1 fully saturated rings. The van der Waals surface area contributed by atoms with Crippen molar-refractivity contribution in [2.75, 3.05) is 19.6 Å². The van der Waals surface area contributed by atoms with E-state index < -0.39 is 0 Å². The average Bonchev–Trinajstić information content (AvgIpc) is 2.16. The van der Waals surface area contributed by atoms with Crippen molar-refractivity contribution in [1.82, 2.24) is 4.90 Å². The van der Waals surface area contributed by atoms with E-state index in [0.717, 1.165) is 18.5 Å². The fraction of sp³-hybridized carbons (Fsp3) is 1.00. The van der Waals surface area contributed by atoms with E-state index in [1.165, 1.54) is 25.9 Å². The van der Waals surface area contributed by atoms with E-state index in [1.807, 2.05) is 0 Å². The Morgan fingerprint density at radius 3 is 2.47 bits per heavy atom. The van der Waals surface area contributed by atoms with E-state index in [4.69, 9.17) is 5.73 Å². The number of hydrogen-bond donors (Lipinski definition) is 1. The Morgan fingerprint density at radius 1 is 1.33 bits per heavy atom. The smallest absolute Gasteiger partial charge is 0.00696 e. The highest BCUT2D eigenvalue weighted by Gasteiger charge is 2.25. The minimum atomic E-state index is 0.667. The van der Waals surface area contributed by atoms with Crippen LogP contribution in [0.1, 0.15) is 40.5 Å². The molecular weight excluding hydrogens is 184 g/mol. The third kappa shape index (κ3) is 3.76. The molecule has 90 valence electrons. The Balaban J connectivity index is 2.43. The summed E-state index contributed by atoms with van der Waals surface area (Å²) < 4.78 is 0. The Hall–Kier alpha value is -0.0800. The zero-order valence-electron chi connectivity index (χ0n) is 10.9. The monoisotopic (exact) mass is 212 g/mol. The van der Waals surface area contributed by atoms with Crippen LogP contribution in [0.3, 0.4) is 0 Å². The summed E-state index contributed by atoms with van der Waals surface area (Å²) in [5.74, 6) is 2.29. The maximum absolute atomic E-state index is 5.84. The fourth-order valence-electron chi connectivity index (χ4n) is 2.59. The summed E-state index contributed by atoms with van der Waals surface area (Å²) in [5, 5.41) is 0. The number of piperidine rings is 1. The van der Waals surface area contributed by atoms with Crippen molar-refractivity contribution < 1.29 is 0 Å². The van der Waals surface area contributed by atoms with Crippen LogP contribution in [0.5, 0.6) is 0 Å². The Morgan fingerprint density at radius 2 is 2.00 bits per heavy atom. The summed E-state index contributed by atoms with van der Waals surface area (Å²) in [6.45, 7) is 12.6. The highest BCUT2D eigenvalue weighted by atomic mass is 15.2. The summed E-state index contributed by atoms with van der Waals surface area (Å²) in [4.78, 5) is 2.64. The van der Waals surface area contributed by atoms with Crippen LogP contribution < -0.4 is 5.73 Å². The molecule has 0 aromatic heterocycles. The van der Waals surface area contributed by atoms with E-state index in [0.29, 0.717) is 11.8 Å². The second-order valence-electron chi connectivity index (χ2n) is 5.71. The van der Waals surface area contributed by atoms with Gasteiger partial charge in [-0.1, -0.05) is 20.8 Å². The van der Waals surface area contributed by atoms with Crippen LogP contribution in [0.4, 0.5) is 0 Å². The van der Waals surface area contributed by atoms with Crippen LogP contribution in [0.2, 0.25) is 0 Å². The molecule has 3 atom stereocenters. The van der Waals surface area contributed by atoms with Gasteiger partial charge < -0.3 is 10.6 Å². The fourth-order valence-corrected chi connectivity index (χ4v) is 2.59. The molecule has 1 heterocycles. The van der Waals surface area contributed by atoms with Gasteiger partial charge in [-0.2, -0.15) is 0 Å². The van der Waals surface area contributed by atoms with Crippen LogP contribution in [-0.2, 0) is 0 Å². The first-order valence-corrected chi connectivity index (χ1v) is 6.48. The molecule has 0 saturated carbocycles. The third-order valence-corrected chi connectivity index (χ3v) is 3.99. The van der Waals surface area contributed by atoms with Gasteiger partial charge in [0, 0.05) is 12.6 Å². The van der Waals surface area contributed by atoms with Gasteiger partial charge in [0.15, 0.2) is 0 Å². The van der Waals surface area contributed by atoms with Crippen molar-refractivity contribution in [2.24, 2.45) is 23.5 Å². The molecule has 1 aliphatic rings. The molecule has 2 heteroatoms. The molecule has 1 saturated heterocycles. The number of likely N-dealkylation sites (tertiary alicyclic amines) is 1. The van der Waals surface area contributed by atoms with Gasteiger partial charge in [0.25, 0.3) is 0 Å². The van der Waals surface area contributed by atoms with Crippen molar-refractivity contribution in [3.63, 3.8) is 0 Å². The average molecular weight is 212 g/mol. The summed E-state index contributed by atoms with van der Waals surface area (Å²) in [6.07, 6.45) is 2.72. The summed E-state index contributed by atoms with van der Waals surface area (Å²) >= 11 is 0. The van der Waals surface area contributed by atoms with Crippen LogP contribution in [0, 0.1) is 17.8 Å². The lowest BCUT2D eigenvalue weighted by Gasteiger charge is -2.39. The molecule has 0 radical (unpaired) electrons. The van der Waals surface area contributed by atoms with Crippen molar-refractivity contribution in [2.45, 2.75) is 46.6 Å². The zero-order valence-corrected chi connectivity index (χ0v) is 10.9. The molecule has 3 unspecified atom stereocenters. The quantitative estimate of drug-likeness (QED) is 0.775. The first kappa shape index (κ1) is 13.0. The Labute approximate surface area is 95.2 Å². The summed E-state index contributed by atoms with van der Waals surface area (Å²) in [5.41, 5.74) is 5.84. The normalized spacial score (nSPS) is 30.8. The van der Waals surface area contributed by atoms with Gasteiger partial charge in [-0.15, -0.1) is 0 Å². The first-order valence-electron chi connectivity index (χ1n) is 6.48. The third-order valence-electron chi connectivity index (χ3n) is 3.99. The maximum atomic E-state index is 5.84. The Bertz CT molecular complexity index is 179. The zero-order chi connectivity index (χ0) is 11.4. The second-order valence-corrected chi connectivity index (χ2v) is 5.71. The predicted octanol–water partition coefficient (Wildman–Crippen LogP) is 2.34. The van der Waals surface area contributed by atoms with E-state index >= 15 is 0 Å². The minimum Gasteiger partial charge on any atom is -0.330 e. The van der Waals surface area contributed by atoms with Gasteiger partial charge in [0.1, 0.15) is 0 Å². The van der Waals surface area contributed by atoms with Gasteiger partial charge in [-0.05, 0) is 50.6 Å². The lowest BCUT2D eigenvalue weighted by molar-refractivity contribution is 0.100. The molecule has 15 heavy (non-hydrogen) atoms. The lowest BCUT2D eigenvalue weighted by atomic mass is 9.90. The molecule has 0 amide bonds. The maximum Gasteiger partial charge on any atom is 0.00696 e. The van der Waals surface area contributed by atoms with E-state index in [1.54, 1.807) is 0 Å². The molecule has 2 N–H and O–H groups in total. The molecule has 0 bridgehead atoms. The largest absolute Gasteiger partial charge is 0.330 e. The van der Waals surface area contributed by atoms with Gasteiger partial charge >= 0.3 is 0 Å². The molecule has 1 rings (SSSR count). The van der Waals surface area contributed by atoms with Crippen LogP contribution in [0.25, 0.3) is 0 Å². The van der Waals surface area contributed by atoms with Crippen molar-refractivity contribution in [3.05, 3.63) is 0 Å². The second kappa shape index (κ2) is 5.86. The first-order chi connectivity index (χ1) is 7.04. The van der Waals surface area contributed by atoms with Gasteiger partial charge in [0.2, 0.25) is 0 Å². The highest BCUT2D eigenvalue weighted by Crippen LogP contribution is 2.24. The SMILES string of the molecule is CC1CCN(CC(CN)C(C)C)C(C)C1. The minimum absolute atomic E-state index is 0.667. The van der Waals surface area contributed by atoms with Gasteiger partial charge in [0.05, 0.1) is 0 Å². The van der Waals surface area contributed by atoms with Crippen molar-refractivity contribution in [3.8, 4) is 0 Å². The van der Waals surface area contributed by atoms with Crippen LogP contribution in [0.15, 0.2) is 0 Å². The molecule has 0 aromatic carbocycles. The molecule has 1 aliphatic heterocycles. The topological polar surface area (TPSA) is 29.3 Å². The van der Waals surface area contributed by atoms with Crippen LogP contribution >= 0.6 is 0 Å². The van der Waals surface area contributed by atoms with Gasteiger partial charge in [-0.3, -0.25) is 0 Å². The Kier molecular flexibility index (Phi) is 5.07. The standard InChI is InChI=1S/C13H28N2/c1-10(2)13(8-14)9-15-6-5-11(3)7-12(15)4/h10-13H,5-9,14H2,1-4H3. The van der Waals surface area contributed by atoms with E-state index in [-0.39, 0.29) is 0 Å². The molecule has 0 aliphatic carbocycles. The van der Waals surface area contributed by atoms with Gasteiger partial charge in [-0.25, -0.2) is 0 Å². The molecule has 0 spiro atoms. The molecule has 2 nitrogen and oxygen atoms in total. The van der Waals surface area contributed by atoms with Crippen molar-refractivity contribution >= 4 is 0 Å². The van der Waals surface area contributed by atoms with Crippen LogP contribution in [-0.4, -0.2) is 30.6 Å². The number of rotatable bonds is 4. The molecular formula is C13H28N2. The lowest BCUT2D eigenvalue weighted by Crippen LogP contribution is -2.45. The molecule has 0 aromatic rings. The number of hydrogen-bond acceptors (Lipinski definition) is 2. The highest BCUT2D eigenvalue weighted by molar-refractivity contribution is 4.79.